The standard InChI is InChI=1S/C29H25Cl2N3O5/c1-3-4-14-39-29(38)18-9-12-22(13-10-18)34-27(36)24(31)25(28(34)37)32-20-7-5-6-19(15-20)26(35)33-21-11-8-17(2)23(30)16-21/h5-13,15-16,32H,3-4,14H2,1-2H3,(H,33,35). The number of nitrogens with zero attached hydrogens (tertiary/aromatic N) is 1. The van der Waals surface area contributed by atoms with Gasteiger partial charge in [0.1, 0.15) is 10.7 Å². The molecule has 10 heteroatoms. The topological polar surface area (TPSA) is 105 Å². The highest BCUT2D eigenvalue weighted by atomic mass is 35.5. The van der Waals surface area contributed by atoms with Gasteiger partial charge in [-0.2, -0.15) is 0 Å². The van der Waals surface area contributed by atoms with Crippen molar-refractivity contribution in [2.24, 2.45) is 0 Å². The number of imide groups is 1. The van der Waals surface area contributed by atoms with Crippen LogP contribution in [0.5, 0.6) is 0 Å². The van der Waals surface area contributed by atoms with E-state index in [0.29, 0.717) is 34.1 Å². The average molecular weight is 566 g/mol. The second-order valence-corrected chi connectivity index (χ2v) is 9.58. The first-order chi connectivity index (χ1) is 18.7. The minimum absolute atomic E-state index is 0.132. The molecular weight excluding hydrogens is 541 g/mol. The Bertz CT molecular complexity index is 1480. The number of hydrogen-bond donors (Lipinski definition) is 2. The number of halogens is 2. The zero-order valence-electron chi connectivity index (χ0n) is 21.2. The number of amides is 3. The maximum atomic E-state index is 13.2. The first-order valence-electron chi connectivity index (χ1n) is 12.2. The molecule has 0 bridgehead atoms. The van der Waals surface area contributed by atoms with Crippen molar-refractivity contribution in [3.05, 3.63) is 99.2 Å². The molecule has 39 heavy (non-hydrogen) atoms. The van der Waals surface area contributed by atoms with Gasteiger partial charge in [0.15, 0.2) is 0 Å². The molecule has 3 aromatic rings. The second-order valence-electron chi connectivity index (χ2n) is 8.79. The number of anilines is 3. The van der Waals surface area contributed by atoms with E-state index in [-0.39, 0.29) is 22.3 Å². The van der Waals surface area contributed by atoms with Crippen molar-refractivity contribution in [3.63, 3.8) is 0 Å². The van der Waals surface area contributed by atoms with Crippen LogP contribution in [-0.2, 0) is 14.3 Å². The Labute approximate surface area is 235 Å². The Hall–Kier alpha value is -4.14. The Balaban J connectivity index is 1.46. The van der Waals surface area contributed by atoms with Crippen molar-refractivity contribution in [1.29, 1.82) is 0 Å². The van der Waals surface area contributed by atoms with Crippen LogP contribution >= 0.6 is 23.2 Å². The number of ether oxygens (including phenoxy) is 1. The SMILES string of the molecule is CCCCOC(=O)c1ccc(N2C(=O)C(Cl)=C(Nc3cccc(C(=O)Nc4ccc(C)c(Cl)c4)c3)C2=O)cc1. The molecule has 0 unspecified atom stereocenters. The van der Waals surface area contributed by atoms with Gasteiger partial charge >= 0.3 is 5.97 Å². The summed E-state index contributed by atoms with van der Waals surface area (Å²) in [4.78, 5) is 51.9. The van der Waals surface area contributed by atoms with Crippen LogP contribution in [0.25, 0.3) is 0 Å². The molecule has 0 fully saturated rings. The number of unbranched alkanes of at least 4 members (excludes halogenated alkanes) is 1. The fraction of sp³-hybridized carbons (Fsp3) is 0.172. The third-order valence-corrected chi connectivity index (χ3v) is 6.70. The Morgan fingerprint density at radius 3 is 2.33 bits per heavy atom. The summed E-state index contributed by atoms with van der Waals surface area (Å²) in [6.07, 6.45) is 1.66. The predicted molar refractivity (Wildman–Crippen MR) is 151 cm³/mol. The lowest BCUT2D eigenvalue weighted by atomic mass is 10.1. The van der Waals surface area contributed by atoms with E-state index in [9.17, 15) is 19.2 Å². The number of hydrogen-bond acceptors (Lipinski definition) is 6. The first-order valence-corrected chi connectivity index (χ1v) is 13.0. The highest BCUT2D eigenvalue weighted by Crippen LogP contribution is 2.30. The highest BCUT2D eigenvalue weighted by Gasteiger charge is 2.39. The number of esters is 1. The third-order valence-electron chi connectivity index (χ3n) is 5.94. The summed E-state index contributed by atoms with van der Waals surface area (Å²) >= 11 is 12.4. The molecule has 1 aliphatic rings. The lowest BCUT2D eigenvalue weighted by Gasteiger charge is -2.15. The predicted octanol–water partition coefficient (Wildman–Crippen LogP) is 6.29. The molecule has 3 amide bonds. The van der Waals surface area contributed by atoms with E-state index in [1.54, 1.807) is 36.4 Å². The zero-order valence-corrected chi connectivity index (χ0v) is 22.7. The number of nitrogens with one attached hydrogen (secondary N) is 2. The Morgan fingerprint density at radius 2 is 1.64 bits per heavy atom. The van der Waals surface area contributed by atoms with Gasteiger partial charge in [0.05, 0.1) is 17.9 Å². The lowest BCUT2D eigenvalue weighted by molar-refractivity contribution is -0.120. The summed E-state index contributed by atoms with van der Waals surface area (Å²) in [5.74, 6) is -2.26. The fourth-order valence-corrected chi connectivity index (χ4v) is 4.13. The molecule has 0 aliphatic carbocycles. The Kier molecular flexibility index (Phi) is 8.69. The van der Waals surface area contributed by atoms with Crippen LogP contribution in [-0.4, -0.2) is 30.3 Å². The van der Waals surface area contributed by atoms with Gasteiger partial charge in [-0.05, 0) is 73.5 Å². The van der Waals surface area contributed by atoms with Crippen molar-refractivity contribution >= 4 is 64.0 Å². The summed E-state index contributed by atoms with van der Waals surface area (Å²) in [5.41, 5.74) is 2.52. The second kappa shape index (κ2) is 12.1. The normalized spacial score (nSPS) is 13.1. The van der Waals surface area contributed by atoms with Gasteiger partial charge in [0, 0.05) is 22.0 Å². The van der Waals surface area contributed by atoms with Gasteiger partial charge in [0.25, 0.3) is 17.7 Å². The van der Waals surface area contributed by atoms with Crippen LogP contribution < -0.4 is 15.5 Å². The number of benzene rings is 3. The third kappa shape index (κ3) is 6.30. The molecular formula is C29H25Cl2N3O5. The van der Waals surface area contributed by atoms with E-state index >= 15 is 0 Å². The van der Waals surface area contributed by atoms with Crippen LogP contribution in [0, 0.1) is 6.92 Å². The quantitative estimate of drug-likeness (QED) is 0.179. The molecule has 1 heterocycles. The molecule has 1 aliphatic heterocycles. The van der Waals surface area contributed by atoms with Crippen LogP contribution in [0.3, 0.4) is 0 Å². The van der Waals surface area contributed by atoms with Crippen LogP contribution in [0.4, 0.5) is 17.1 Å². The summed E-state index contributed by atoms with van der Waals surface area (Å²) in [6.45, 7) is 4.17. The lowest BCUT2D eigenvalue weighted by Crippen LogP contribution is -2.32. The van der Waals surface area contributed by atoms with Gasteiger partial charge in [-0.1, -0.05) is 48.7 Å². The molecule has 3 aromatic carbocycles. The Morgan fingerprint density at radius 1 is 0.897 bits per heavy atom. The van der Waals surface area contributed by atoms with Crippen molar-refractivity contribution in [2.45, 2.75) is 26.7 Å². The molecule has 200 valence electrons. The summed E-state index contributed by atoms with van der Waals surface area (Å²) in [6, 6.07) is 17.5. The molecule has 0 saturated heterocycles. The molecule has 0 saturated carbocycles. The van der Waals surface area contributed by atoms with Crippen LogP contribution in [0.2, 0.25) is 5.02 Å². The number of carbonyl (C=O) groups is 4. The molecule has 8 nitrogen and oxygen atoms in total. The first kappa shape index (κ1) is 27.9. The van der Waals surface area contributed by atoms with Gasteiger partial charge in [-0.15, -0.1) is 0 Å². The molecule has 4 rings (SSSR count). The maximum absolute atomic E-state index is 13.2. The van der Waals surface area contributed by atoms with E-state index in [1.165, 1.54) is 30.3 Å². The zero-order chi connectivity index (χ0) is 28.1. The molecule has 0 radical (unpaired) electrons. The van der Waals surface area contributed by atoms with Crippen molar-refractivity contribution in [1.82, 2.24) is 0 Å². The monoisotopic (exact) mass is 565 g/mol. The smallest absolute Gasteiger partial charge is 0.338 e. The molecule has 0 aromatic heterocycles. The van der Waals surface area contributed by atoms with Crippen LogP contribution in [0.1, 0.15) is 46.0 Å². The van der Waals surface area contributed by atoms with E-state index in [2.05, 4.69) is 10.6 Å². The number of rotatable bonds is 9. The van der Waals surface area contributed by atoms with Crippen molar-refractivity contribution in [3.8, 4) is 0 Å². The summed E-state index contributed by atoms with van der Waals surface area (Å²) in [7, 11) is 0. The van der Waals surface area contributed by atoms with E-state index in [1.807, 2.05) is 13.8 Å². The van der Waals surface area contributed by atoms with Gasteiger partial charge in [-0.3, -0.25) is 14.4 Å². The minimum atomic E-state index is -0.715. The fourth-order valence-electron chi connectivity index (χ4n) is 3.74. The maximum Gasteiger partial charge on any atom is 0.338 e. The minimum Gasteiger partial charge on any atom is -0.462 e. The number of carbonyl (C=O) groups excluding carboxylic acids is 4. The van der Waals surface area contributed by atoms with Gasteiger partial charge in [-0.25, -0.2) is 9.69 Å². The summed E-state index contributed by atoms with van der Waals surface area (Å²) in [5, 5.41) is 5.87. The van der Waals surface area contributed by atoms with E-state index in [4.69, 9.17) is 27.9 Å². The molecule has 0 atom stereocenters. The van der Waals surface area contributed by atoms with Crippen LogP contribution in [0.15, 0.2) is 77.5 Å². The molecule has 0 spiro atoms. The van der Waals surface area contributed by atoms with Crippen molar-refractivity contribution < 1.29 is 23.9 Å². The molecule has 2 N–H and O–H groups in total. The largest absolute Gasteiger partial charge is 0.462 e. The van der Waals surface area contributed by atoms with Gasteiger partial charge < -0.3 is 15.4 Å². The number of aryl methyl sites for hydroxylation is 1. The highest BCUT2D eigenvalue weighted by molar-refractivity contribution is 6.53. The van der Waals surface area contributed by atoms with Crippen molar-refractivity contribution in [2.75, 3.05) is 22.1 Å². The average Bonchev–Trinajstić information content (AvgIpc) is 3.14. The van der Waals surface area contributed by atoms with E-state index in [0.717, 1.165) is 23.3 Å². The van der Waals surface area contributed by atoms with Gasteiger partial charge in [0.2, 0.25) is 0 Å². The van der Waals surface area contributed by atoms with E-state index < -0.39 is 17.8 Å². The summed E-state index contributed by atoms with van der Waals surface area (Å²) < 4.78 is 5.19.